The van der Waals surface area contributed by atoms with Gasteiger partial charge in [-0.05, 0) is 37.3 Å². The summed E-state index contributed by atoms with van der Waals surface area (Å²) >= 11 is 0. The minimum atomic E-state index is -0.249. The Labute approximate surface area is 192 Å². The van der Waals surface area contributed by atoms with Crippen molar-refractivity contribution in [1.29, 1.82) is 0 Å². The largest absolute Gasteiger partial charge is 0.361 e. The molecule has 8 nitrogen and oxygen atoms in total. The van der Waals surface area contributed by atoms with Crippen LogP contribution >= 0.6 is 0 Å². The van der Waals surface area contributed by atoms with Gasteiger partial charge in [-0.2, -0.15) is 0 Å². The fourth-order valence-corrected chi connectivity index (χ4v) is 5.44. The van der Waals surface area contributed by atoms with E-state index in [1.807, 2.05) is 22.9 Å². The molecule has 0 aliphatic carbocycles. The van der Waals surface area contributed by atoms with E-state index >= 15 is 0 Å². The van der Waals surface area contributed by atoms with Gasteiger partial charge in [-0.25, -0.2) is 15.0 Å². The number of carbonyl (C=O) groups is 1. The van der Waals surface area contributed by atoms with E-state index in [0.717, 1.165) is 62.5 Å². The molecule has 6 rings (SSSR count). The first-order chi connectivity index (χ1) is 16.2. The average Bonchev–Trinajstić information content (AvgIpc) is 3.54. The number of anilines is 1. The molecule has 2 fully saturated rings. The van der Waals surface area contributed by atoms with Crippen LogP contribution in [-0.4, -0.2) is 54.9 Å². The average molecular weight is 442 g/mol. The van der Waals surface area contributed by atoms with Crippen molar-refractivity contribution in [1.82, 2.24) is 29.4 Å². The first kappa shape index (κ1) is 20.0. The maximum absolute atomic E-state index is 13.7. The van der Waals surface area contributed by atoms with E-state index in [0.29, 0.717) is 12.5 Å². The number of aromatic nitrogens is 5. The first-order valence-electron chi connectivity index (χ1n) is 11.6. The lowest BCUT2D eigenvalue weighted by Crippen LogP contribution is -2.53. The van der Waals surface area contributed by atoms with Gasteiger partial charge in [-0.1, -0.05) is 18.2 Å². The Bertz CT molecular complexity index is 1270. The van der Waals surface area contributed by atoms with Crippen LogP contribution in [0.3, 0.4) is 0 Å². The van der Waals surface area contributed by atoms with Crippen LogP contribution in [0.5, 0.6) is 0 Å². The summed E-state index contributed by atoms with van der Waals surface area (Å²) in [5.74, 6) is 2.03. The summed E-state index contributed by atoms with van der Waals surface area (Å²) < 4.78 is 1.88. The minimum absolute atomic E-state index is 0.249. The summed E-state index contributed by atoms with van der Waals surface area (Å²) in [5, 5.41) is 1.21. The number of aromatic amines is 1. The van der Waals surface area contributed by atoms with Gasteiger partial charge in [0.25, 0.3) is 0 Å². The fraction of sp³-hybridized carbons (Fsp3) is 0.360. The number of amides is 1. The van der Waals surface area contributed by atoms with Crippen LogP contribution in [0, 0.1) is 5.41 Å². The Hall–Kier alpha value is -3.68. The lowest BCUT2D eigenvalue weighted by molar-refractivity contribution is -0.148. The molecule has 168 valence electrons. The van der Waals surface area contributed by atoms with Crippen molar-refractivity contribution >= 4 is 22.6 Å². The van der Waals surface area contributed by atoms with Crippen LogP contribution < -0.4 is 4.90 Å². The zero-order chi connectivity index (χ0) is 22.3. The molecule has 4 aromatic rings. The molecule has 2 saturated heterocycles. The van der Waals surface area contributed by atoms with E-state index < -0.39 is 0 Å². The number of carbonyl (C=O) groups excluding carboxylic acids is 1. The summed E-state index contributed by atoms with van der Waals surface area (Å²) in [4.78, 5) is 34.3. The molecule has 8 heteroatoms. The van der Waals surface area contributed by atoms with Crippen LogP contribution in [0.25, 0.3) is 16.7 Å². The highest BCUT2D eigenvalue weighted by molar-refractivity contribution is 5.86. The van der Waals surface area contributed by atoms with Crippen molar-refractivity contribution in [2.24, 2.45) is 5.41 Å². The second-order valence-corrected chi connectivity index (χ2v) is 9.16. The number of hydrogen-bond donors (Lipinski definition) is 1. The number of rotatable bonds is 4. The van der Waals surface area contributed by atoms with Gasteiger partial charge in [-0.3, -0.25) is 9.36 Å². The van der Waals surface area contributed by atoms with E-state index in [1.165, 1.54) is 10.9 Å². The molecule has 3 aromatic heterocycles. The molecule has 33 heavy (non-hydrogen) atoms. The zero-order valence-electron chi connectivity index (χ0n) is 18.5. The highest BCUT2D eigenvalue weighted by Crippen LogP contribution is 2.42. The molecule has 0 saturated carbocycles. The first-order valence-corrected chi connectivity index (χ1v) is 11.6. The van der Waals surface area contributed by atoms with E-state index in [2.05, 4.69) is 54.1 Å². The molecular weight excluding hydrogens is 414 g/mol. The third-order valence-electron chi connectivity index (χ3n) is 7.31. The number of benzene rings is 1. The van der Waals surface area contributed by atoms with Crippen molar-refractivity contribution in [3.05, 3.63) is 67.1 Å². The molecule has 1 aromatic carbocycles. The van der Waals surface area contributed by atoms with Crippen LogP contribution in [0.1, 0.15) is 31.2 Å². The molecule has 0 atom stereocenters. The second kappa shape index (κ2) is 8.03. The Morgan fingerprint density at radius 3 is 2.73 bits per heavy atom. The smallest absolute Gasteiger partial charge is 0.229 e. The minimum Gasteiger partial charge on any atom is -0.361 e. The summed E-state index contributed by atoms with van der Waals surface area (Å²) in [6, 6.07) is 10.3. The van der Waals surface area contributed by atoms with Crippen molar-refractivity contribution in [3.63, 3.8) is 0 Å². The summed E-state index contributed by atoms with van der Waals surface area (Å²) in [5.41, 5.74) is 2.07. The van der Waals surface area contributed by atoms with Crippen molar-refractivity contribution in [2.75, 3.05) is 24.5 Å². The number of H-pyrrole nitrogens is 1. The number of nitrogens with zero attached hydrogens (tertiary/aromatic N) is 6. The Kier molecular flexibility index (Phi) is 4.86. The van der Waals surface area contributed by atoms with Gasteiger partial charge in [0.2, 0.25) is 5.91 Å². The van der Waals surface area contributed by atoms with E-state index in [4.69, 9.17) is 0 Å². The molecule has 2 aliphatic heterocycles. The molecule has 5 heterocycles. The number of fused-ring (bicyclic) bond motifs is 1. The zero-order valence-corrected chi connectivity index (χ0v) is 18.5. The van der Waals surface area contributed by atoms with Gasteiger partial charge in [-0.15, -0.1) is 0 Å². The number of imidazole rings is 1. The van der Waals surface area contributed by atoms with E-state index in [9.17, 15) is 4.79 Å². The van der Waals surface area contributed by atoms with E-state index in [-0.39, 0.29) is 5.41 Å². The van der Waals surface area contributed by atoms with Crippen LogP contribution in [-0.2, 0) is 11.3 Å². The Balaban J connectivity index is 1.17. The number of hydrogen-bond acceptors (Lipinski definition) is 5. The van der Waals surface area contributed by atoms with E-state index in [1.54, 1.807) is 18.9 Å². The van der Waals surface area contributed by atoms with Gasteiger partial charge < -0.3 is 14.8 Å². The lowest BCUT2D eigenvalue weighted by atomic mass is 9.71. The molecular formula is C25H27N7O. The predicted octanol–water partition coefficient (Wildman–Crippen LogP) is 3.55. The second-order valence-electron chi connectivity index (χ2n) is 9.16. The maximum Gasteiger partial charge on any atom is 0.229 e. The van der Waals surface area contributed by atoms with Crippen molar-refractivity contribution < 1.29 is 4.79 Å². The molecule has 1 spiro atoms. The number of para-hydroxylation sites is 1. The van der Waals surface area contributed by atoms with Crippen LogP contribution in [0.15, 0.2) is 61.6 Å². The molecule has 0 bridgehead atoms. The van der Waals surface area contributed by atoms with Gasteiger partial charge in [0.1, 0.15) is 24.3 Å². The summed E-state index contributed by atoms with van der Waals surface area (Å²) in [6.45, 7) is 3.17. The van der Waals surface area contributed by atoms with Crippen LogP contribution in [0.2, 0.25) is 0 Å². The summed E-state index contributed by atoms with van der Waals surface area (Å²) in [7, 11) is 0. The topological polar surface area (TPSA) is 82.9 Å². The SMILES string of the molecule is O=C1N(Cc2c[nH]c3ccccc23)CCCC12CCN(c1cc(-n3ccnc3)ncn1)CC2. The molecule has 2 aliphatic rings. The molecule has 1 N–H and O–H groups in total. The Morgan fingerprint density at radius 2 is 1.88 bits per heavy atom. The maximum atomic E-state index is 13.7. The number of piperidine rings is 2. The number of nitrogens with one attached hydrogen (secondary N) is 1. The molecule has 1 amide bonds. The van der Waals surface area contributed by atoms with Crippen molar-refractivity contribution in [3.8, 4) is 5.82 Å². The van der Waals surface area contributed by atoms with Gasteiger partial charge >= 0.3 is 0 Å². The fourth-order valence-electron chi connectivity index (χ4n) is 5.44. The molecule has 0 radical (unpaired) electrons. The monoisotopic (exact) mass is 441 g/mol. The summed E-state index contributed by atoms with van der Waals surface area (Å²) in [6.07, 6.45) is 12.8. The third kappa shape index (κ3) is 3.55. The highest BCUT2D eigenvalue weighted by Gasteiger charge is 2.45. The lowest BCUT2D eigenvalue weighted by Gasteiger charge is -2.46. The van der Waals surface area contributed by atoms with Crippen LogP contribution in [0.4, 0.5) is 5.82 Å². The van der Waals surface area contributed by atoms with Gasteiger partial charge in [0, 0.05) is 61.7 Å². The van der Waals surface area contributed by atoms with Gasteiger partial charge in [0.15, 0.2) is 0 Å². The normalized spacial score (nSPS) is 18.4. The third-order valence-corrected chi connectivity index (χ3v) is 7.31. The quantitative estimate of drug-likeness (QED) is 0.524. The Morgan fingerprint density at radius 1 is 1.03 bits per heavy atom. The predicted molar refractivity (Wildman–Crippen MR) is 126 cm³/mol. The molecule has 0 unspecified atom stereocenters. The number of likely N-dealkylation sites (tertiary alicyclic amines) is 1. The highest BCUT2D eigenvalue weighted by atomic mass is 16.2. The van der Waals surface area contributed by atoms with Crippen molar-refractivity contribution in [2.45, 2.75) is 32.2 Å². The standard InChI is InChI=1S/C25H27N7O/c33-24-25(6-3-10-31(24)16-19-15-27-21-5-2-1-4-20(19)21)7-11-30(12-8-25)22-14-23(29-17-28-22)32-13-9-26-18-32/h1-2,4-5,9,13-15,17-18,27H,3,6-8,10-12,16H2. The van der Waals surface area contributed by atoms with Gasteiger partial charge in [0.05, 0.1) is 5.41 Å².